The van der Waals surface area contributed by atoms with Crippen molar-refractivity contribution in [2.75, 3.05) is 0 Å². The largest absolute Gasteiger partial charge is 0.247 e. The van der Waals surface area contributed by atoms with Crippen LogP contribution in [0.15, 0.2) is 0 Å². The first-order chi connectivity index (χ1) is 1.41. The maximum Gasteiger partial charge on any atom is 0.124 e. The average molecular weight is 363 g/mol. The summed E-state index contributed by atoms with van der Waals surface area (Å²) in [5.74, 6) is 0. The predicted octanol–water partition coefficient (Wildman–Crippen LogP) is 0.941. The van der Waals surface area contributed by atoms with Gasteiger partial charge in [0.1, 0.15) is 46.0 Å². The molecule has 1 nitrogen and oxygen atoms in total. The summed E-state index contributed by atoms with van der Waals surface area (Å²) in [6, 6.07) is 0. The Balaban J connectivity index is -0.0000000200. The van der Waals surface area contributed by atoms with Crippen molar-refractivity contribution in [2.45, 2.75) is 0 Å². The Hall–Kier alpha value is 3.06. The Morgan fingerprint density at radius 2 is 1.20 bits per heavy atom. The molecule has 0 saturated carbocycles. The monoisotopic (exact) mass is 362 g/mol. The molecule has 5 heavy (non-hydrogen) atoms. The molecule has 0 aromatic carbocycles. The van der Waals surface area contributed by atoms with Crippen molar-refractivity contribution in [2.24, 2.45) is 0 Å². The minimum absolute atomic E-state index is 0. The van der Waals surface area contributed by atoms with Crippen LogP contribution in [0.1, 0.15) is 0 Å². The van der Waals surface area contributed by atoms with Crippen LogP contribution in [-0.4, -0.2) is 49.3 Å². The van der Waals surface area contributed by atoms with Crippen molar-refractivity contribution in [3.63, 3.8) is 0 Å². The van der Waals surface area contributed by atoms with Gasteiger partial charge >= 0.3 is 0 Å². The topological polar surface area (TPSA) is 9.23 Å². The fraction of sp³-hybridized carbons (Fsp3) is 0. The summed E-state index contributed by atoms with van der Waals surface area (Å²) in [5.41, 5.74) is 0. The van der Waals surface area contributed by atoms with Crippen molar-refractivity contribution in [3.05, 3.63) is 0 Å². The van der Waals surface area contributed by atoms with Crippen molar-refractivity contribution in [3.8, 4) is 0 Å². The molecule has 0 aliphatic carbocycles. The fourth-order valence-corrected chi connectivity index (χ4v) is 0. The van der Waals surface area contributed by atoms with Gasteiger partial charge in [0.05, 0.1) is 0 Å². The van der Waals surface area contributed by atoms with Gasteiger partial charge in [-0.15, -0.1) is 0 Å². The van der Waals surface area contributed by atoms with E-state index < -0.39 is 0 Å². The summed E-state index contributed by atoms with van der Waals surface area (Å²) in [6.45, 7) is 0. The third-order valence-electron chi connectivity index (χ3n) is 0. The second-order valence-corrected chi connectivity index (χ2v) is 2.62. The molecular weight excluding hydrogens is 363 g/mol. The molecule has 0 amide bonds. The molecule has 0 atom stereocenters. The molecule has 0 aliphatic rings. The van der Waals surface area contributed by atoms with Crippen molar-refractivity contribution in [1.82, 2.24) is 0 Å². The number of halogens is 2. The summed E-state index contributed by atoms with van der Waals surface area (Å²) < 4.78 is 4.19. The maximum atomic E-state index is 4.19. The first-order valence-corrected chi connectivity index (χ1v) is 2.07. The van der Waals surface area contributed by atoms with E-state index in [4.69, 9.17) is 0 Å². The first-order valence-electron chi connectivity index (χ1n) is 0.309. The van der Waals surface area contributed by atoms with Gasteiger partial charge in [-0.2, -0.15) is 0 Å². The van der Waals surface area contributed by atoms with Gasteiger partial charge < -0.3 is 0 Å². The van der Waals surface area contributed by atoms with E-state index in [1.165, 1.54) is 0 Å². The van der Waals surface area contributed by atoms with Crippen LogP contribution in [0.2, 0.25) is 0 Å². The van der Waals surface area contributed by atoms with Crippen LogP contribution in [0.5, 0.6) is 0 Å². The molecule has 24 valence electrons. The molecule has 0 spiro atoms. The maximum absolute atomic E-state index is 4.19. The van der Waals surface area contributed by atoms with Gasteiger partial charge in [-0.25, -0.2) is 1.40 Å². The molecule has 5 heteroatoms. The molecule has 0 saturated heterocycles. The standard InChI is InChI=1S/Ga.I2O.Na/c;1-3-2;. The predicted molar refractivity (Wildman–Crippen MR) is 40.6 cm³/mol. The molecule has 0 heterocycles. The Bertz CT molecular complexity index is 9.61. The Morgan fingerprint density at radius 3 is 1.20 bits per heavy atom. The first kappa shape index (κ1) is 15.7. The van der Waals surface area contributed by atoms with Gasteiger partial charge in [-0.05, 0) is 0 Å². The van der Waals surface area contributed by atoms with E-state index in [0.29, 0.717) is 0 Å². The molecule has 0 rings (SSSR count). The number of rotatable bonds is 0. The zero-order valence-corrected chi connectivity index (χ0v) is 11.5. The Kier molecular flexibility index (Phi) is 49.4. The zero-order valence-electron chi connectivity index (χ0n) is 2.74. The van der Waals surface area contributed by atoms with Gasteiger partial charge in [0.15, 0.2) is 0 Å². The second-order valence-electron chi connectivity index (χ2n) is 0.0583. The molecule has 0 fully saturated rings. The van der Waals surface area contributed by atoms with Crippen molar-refractivity contribution in [1.29, 1.82) is 0 Å². The van der Waals surface area contributed by atoms with Crippen LogP contribution < -0.4 is 0 Å². The normalized spacial score (nSPS) is 3.60. The summed E-state index contributed by atoms with van der Waals surface area (Å²) in [4.78, 5) is 0. The summed E-state index contributed by atoms with van der Waals surface area (Å²) in [5, 5.41) is 0. The average Bonchev–Trinajstić information content (AvgIpc) is 0.918. The molecule has 0 N–H and O–H groups in total. The Labute approximate surface area is 94.7 Å². The smallest absolute Gasteiger partial charge is 0.124 e. The van der Waals surface area contributed by atoms with E-state index in [9.17, 15) is 0 Å². The SMILES string of the molecule is IOI.[Ga].[Na]. The third kappa shape index (κ3) is 19.3. The summed E-state index contributed by atoms with van der Waals surface area (Å²) >= 11 is 3.55. The van der Waals surface area contributed by atoms with Gasteiger partial charge in [-0.1, -0.05) is 0 Å². The molecule has 0 aliphatic heterocycles. The summed E-state index contributed by atoms with van der Waals surface area (Å²) in [6.07, 6.45) is 0. The van der Waals surface area contributed by atoms with Crippen molar-refractivity contribution >= 4 is 95.4 Å². The van der Waals surface area contributed by atoms with Crippen LogP contribution >= 0.6 is 46.0 Å². The van der Waals surface area contributed by atoms with Gasteiger partial charge in [0.2, 0.25) is 0 Å². The second kappa shape index (κ2) is 15.7. The van der Waals surface area contributed by atoms with E-state index in [2.05, 4.69) is 1.40 Å². The van der Waals surface area contributed by atoms with E-state index in [1.54, 1.807) is 46.0 Å². The summed E-state index contributed by atoms with van der Waals surface area (Å²) in [7, 11) is 0. The Morgan fingerprint density at radius 1 is 1.20 bits per heavy atom. The minimum atomic E-state index is 0. The molecular formula is GaI2NaO. The van der Waals surface area contributed by atoms with E-state index in [1.807, 2.05) is 0 Å². The molecule has 0 aromatic rings. The van der Waals surface area contributed by atoms with Crippen LogP contribution in [0.25, 0.3) is 0 Å². The fourth-order valence-electron chi connectivity index (χ4n) is 0. The quantitative estimate of drug-likeness (QED) is 0.460. The van der Waals surface area contributed by atoms with Crippen molar-refractivity contribution < 1.29 is 1.40 Å². The van der Waals surface area contributed by atoms with E-state index >= 15 is 0 Å². The van der Waals surface area contributed by atoms with Crippen LogP contribution in [0.4, 0.5) is 0 Å². The van der Waals surface area contributed by atoms with Gasteiger partial charge in [0.25, 0.3) is 0 Å². The minimum Gasteiger partial charge on any atom is -0.247 e. The van der Waals surface area contributed by atoms with Gasteiger partial charge in [-0.3, -0.25) is 0 Å². The van der Waals surface area contributed by atoms with E-state index in [-0.39, 0.29) is 49.3 Å². The van der Waals surface area contributed by atoms with E-state index in [0.717, 1.165) is 0 Å². The number of hydrogen-bond donors (Lipinski definition) is 0. The molecule has 0 bridgehead atoms. The van der Waals surface area contributed by atoms with Crippen LogP contribution in [0.3, 0.4) is 0 Å². The molecule has 4 radical (unpaired) electrons. The number of hydrogen-bond acceptors (Lipinski definition) is 1. The van der Waals surface area contributed by atoms with Crippen LogP contribution in [0, 0.1) is 0 Å². The zero-order chi connectivity index (χ0) is 2.71. The molecule has 0 aromatic heterocycles. The van der Waals surface area contributed by atoms with Gasteiger partial charge in [0, 0.05) is 49.3 Å². The third-order valence-corrected chi connectivity index (χ3v) is 0. The molecule has 0 unspecified atom stereocenters. The van der Waals surface area contributed by atoms with Crippen LogP contribution in [-0.2, 0) is 1.40 Å².